The molecule has 1 N–H and O–H groups in total. The summed E-state index contributed by atoms with van der Waals surface area (Å²) in [6.07, 6.45) is 5.20. The fourth-order valence-electron chi connectivity index (χ4n) is 3.35. The number of aliphatic carboxylic acids is 1. The molecule has 2 atom stereocenters. The second-order valence-corrected chi connectivity index (χ2v) is 5.42. The summed E-state index contributed by atoms with van der Waals surface area (Å²) in [7, 11) is 1.65. The van der Waals surface area contributed by atoms with Gasteiger partial charge in [0.05, 0.1) is 11.8 Å². The fourth-order valence-corrected chi connectivity index (χ4v) is 3.35. The molecule has 0 aromatic carbocycles. The topological polar surface area (TPSA) is 74.7 Å². The highest BCUT2D eigenvalue weighted by Crippen LogP contribution is 2.38. The second-order valence-electron chi connectivity index (χ2n) is 5.42. The maximum atomic E-state index is 12.1. The van der Waals surface area contributed by atoms with Gasteiger partial charge in [-0.05, 0) is 18.8 Å². The van der Waals surface area contributed by atoms with Gasteiger partial charge in [-0.1, -0.05) is 19.3 Å². The van der Waals surface area contributed by atoms with Gasteiger partial charge in [0.1, 0.15) is 0 Å². The number of carboxylic acid groups (broad SMARTS) is 1. The Hall–Kier alpha value is -1.39. The lowest BCUT2D eigenvalue weighted by molar-refractivity contribution is -0.152. The lowest BCUT2D eigenvalue weighted by atomic mass is 9.74. The molecule has 0 aromatic rings. The monoisotopic (exact) mass is 253 g/mol. The normalized spacial score (nSPS) is 29.6. The molecule has 18 heavy (non-hydrogen) atoms. The SMILES string of the molecule is CN1C[C@H](C(=O)C(=O)O)[C@@H](C2CCCCC2)C1=O. The number of nitrogens with zero attached hydrogens (tertiary/aromatic N) is 1. The lowest BCUT2D eigenvalue weighted by Gasteiger charge is -2.28. The zero-order valence-corrected chi connectivity index (χ0v) is 10.6. The van der Waals surface area contributed by atoms with Gasteiger partial charge in [0, 0.05) is 13.6 Å². The molecule has 0 bridgehead atoms. The van der Waals surface area contributed by atoms with Crippen LogP contribution in [0.25, 0.3) is 0 Å². The van der Waals surface area contributed by atoms with Crippen LogP contribution in [0.4, 0.5) is 0 Å². The molecule has 1 heterocycles. The van der Waals surface area contributed by atoms with Crippen molar-refractivity contribution in [1.29, 1.82) is 0 Å². The molecule has 2 fully saturated rings. The Bertz CT molecular complexity index is 373. The highest BCUT2D eigenvalue weighted by Gasteiger charge is 2.48. The van der Waals surface area contributed by atoms with E-state index in [2.05, 4.69) is 0 Å². The molecule has 0 spiro atoms. The third-order valence-electron chi connectivity index (χ3n) is 4.27. The smallest absolute Gasteiger partial charge is 0.372 e. The maximum Gasteiger partial charge on any atom is 0.372 e. The van der Waals surface area contributed by atoms with Crippen molar-refractivity contribution < 1.29 is 19.5 Å². The summed E-state index contributed by atoms with van der Waals surface area (Å²) in [6, 6.07) is 0. The average Bonchev–Trinajstić information content (AvgIpc) is 2.66. The number of ketones is 1. The molecule has 5 nitrogen and oxygen atoms in total. The Morgan fingerprint density at radius 3 is 2.39 bits per heavy atom. The molecule has 0 radical (unpaired) electrons. The summed E-state index contributed by atoms with van der Waals surface area (Å²) in [4.78, 5) is 36.2. The predicted octanol–water partition coefficient (Wildman–Crippen LogP) is 0.925. The molecule has 2 rings (SSSR count). The Labute approximate surface area is 106 Å². The first-order chi connectivity index (χ1) is 8.52. The molecule has 5 heteroatoms. The zero-order valence-electron chi connectivity index (χ0n) is 10.6. The zero-order chi connectivity index (χ0) is 13.3. The van der Waals surface area contributed by atoms with Crippen molar-refractivity contribution in [3.8, 4) is 0 Å². The largest absolute Gasteiger partial charge is 0.475 e. The van der Waals surface area contributed by atoms with Crippen LogP contribution in [0.5, 0.6) is 0 Å². The third kappa shape index (κ3) is 2.26. The number of amides is 1. The molecule has 0 unspecified atom stereocenters. The molecular weight excluding hydrogens is 234 g/mol. The first-order valence-electron chi connectivity index (χ1n) is 6.54. The van der Waals surface area contributed by atoms with E-state index in [1.807, 2.05) is 0 Å². The van der Waals surface area contributed by atoms with Crippen molar-refractivity contribution in [2.75, 3.05) is 13.6 Å². The molecule has 0 aromatic heterocycles. The van der Waals surface area contributed by atoms with Crippen LogP contribution < -0.4 is 0 Å². The summed E-state index contributed by atoms with van der Waals surface area (Å²) < 4.78 is 0. The van der Waals surface area contributed by atoms with E-state index in [0.717, 1.165) is 25.7 Å². The number of carbonyl (C=O) groups is 3. The maximum absolute atomic E-state index is 12.1. The van der Waals surface area contributed by atoms with E-state index in [1.165, 1.54) is 11.3 Å². The minimum absolute atomic E-state index is 0.0542. The van der Waals surface area contributed by atoms with Gasteiger partial charge in [-0.2, -0.15) is 0 Å². The average molecular weight is 253 g/mol. The van der Waals surface area contributed by atoms with E-state index in [1.54, 1.807) is 7.05 Å². The van der Waals surface area contributed by atoms with E-state index in [4.69, 9.17) is 5.11 Å². The molecule has 100 valence electrons. The number of hydrogen-bond donors (Lipinski definition) is 1. The minimum atomic E-state index is -1.41. The van der Waals surface area contributed by atoms with Crippen LogP contribution in [0.15, 0.2) is 0 Å². The van der Waals surface area contributed by atoms with Gasteiger partial charge in [-0.3, -0.25) is 9.59 Å². The molecule has 1 aliphatic carbocycles. The van der Waals surface area contributed by atoms with Crippen LogP contribution >= 0.6 is 0 Å². The number of Topliss-reactive ketones (excluding diaryl/α,β-unsaturated/α-hetero) is 1. The highest BCUT2D eigenvalue weighted by molar-refractivity contribution is 6.34. The molecule has 1 aliphatic heterocycles. The van der Waals surface area contributed by atoms with E-state index in [0.29, 0.717) is 0 Å². The molecule has 1 amide bonds. The number of likely N-dealkylation sites (tertiary alicyclic amines) is 1. The highest BCUT2D eigenvalue weighted by atomic mass is 16.4. The first-order valence-corrected chi connectivity index (χ1v) is 6.54. The van der Waals surface area contributed by atoms with Gasteiger partial charge in [-0.15, -0.1) is 0 Å². The fraction of sp³-hybridized carbons (Fsp3) is 0.769. The van der Waals surface area contributed by atoms with Crippen molar-refractivity contribution in [2.24, 2.45) is 17.8 Å². The first kappa shape index (κ1) is 13.1. The Kier molecular flexibility index (Phi) is 3.68. The van der Waals surface area contributed by atoms with Gasteiger partial charge in [0.15, 0.2) is 0 Å². The van der Waals surface area contributed by atoms with E-state index >= 15 is 0 Å². The van der Waals surface area contributed by atoms with Crippen LogP contribution in [0.2, 0.25) is 0 Å². The Morgan fingerprint density at radius 2 is 1.83 bits per heavy atom. The summed E-state index contributed by atoms with van der Waals surface area (Å²) in [5, 5.41) is 8.85. The van der Waals surface area contributed by atoms with Crippen molar-refractivity contribution in [1.82, 2.24) is 4.90 Å². The van der Waals surface area contributed by atoms with E-state index in [-0.39, 0.29) is 18.4 Å². The molecular formula is C13H19NO4. The van der Waals surface area contributed by atoms with Crippen LogP contribution in [-0.4, -0.2) is 41.3 Å². The summed E-state index contributed by atoms with van der Waals surface area (Å²) in [5.74, 6) is -3.14. The Balaban J connectivity index is 2.19. The van der Waals surface area contributed by atoms with Crippen LogP contribution in [-0.2, 0) is 14.4 Å². The standard InChI is InChI=1S/C13H19NO4/c1-14-7-9(11(15)13(17)18)10(12(14)16)8-5-3-2-4-6-8/h8-10H,2-7H2,1H3,(H,17,18)/t9-,10+/m0/s1. The molecule has 1 saturated carbocycles. The van der Waals surface area contributed by atoms with Gasteiger partial charge in [0.25, 0.3) is 0 Å². The lowest BCUT2D eigenvalue weighted by Crippen LogP contribution is -2.35. The number of carbonyl (C=O) groups excluding carboxylic acids is 2. The van der Waals surface area contributed by atoms with Crippen LogP contribution in [0.1, 0.15) is 32.1 Å². The van der Waals surface area contributed by atoms with Crippen LogP contribution in [0, 0.1) is 17.8 Å². The Morgan fingerprint density at radius 1 is 1.22 bits per heavy atom. The van der Waals surface area contributed by atoms with Gasteiger partial charge in [-0.25, -0.2) is 4.79 Å². The van der Waals surface area contributed by atoms with Crippen molar-refractivity contribution in [3.05, 3.63) is 0 Å². The summed E-state index contributed by atoms with van der Waals surface area (Å²) in [5.41, 5.74) is 0. The van der Waals surface area contributed by atoms with Gasteiger partial charge >= 0.3 is 5.97 Å². The second kappa shape index (κ2) is 5.08. The summed E-state index contributed by atoms with van der Waals surface area (Å²) in [6.45, 7) is 0.255. The molecule has 2 aliphatic rings. The van der Waals surface area contributed by atoms with Crippen LogP contribution in [0.3, 0.4) is 0 Å². The van der Waals surface area contributed by atoms with E-state index in [9.17, 15) is 14.4 Å². The predicted molar refractivity (Wildman–Crippen MR) is 63.8 cm³/mol. The van der Waals surface area contributed by atoms with Gasteiger partial charge in [0.2, 0.25) is 11.7 Å². The minimum Gasteiger partial charge on any atom is -0.475 e. The molecule has 1 saturated heterocycles. The third-order valence-corrected chi connectivity index (χ3v) is 4.27. The van der Waals surface area contributed by atoms with E-state index < -0.39 is 23.6 Å². The van der Waals surface area contributed by atoms with Crippen molar-refractivity contribution in [2.45, 2.75) is 32.1 Å². The van der Waals surface area contributed by atoms with Crippen molar-refractivity contribution >= 4 is 17.7 Å². The summed E-state index contributed by atoms with van der Waals surface area (Å²) >= 11 is 0. The van der Waals surface area contributed by atoms with Crippen molar-refractivity contribution in [3.63, 3.8) is 0 Å². The number of carboxylic acids is 1. The van der Waals surface area contributed by atoms with Gasteiger partial charge < -0.3 is 10.0 Å². The quantitative estimate of drug-likeness (QED) is 0.759. The number of rotatable bonds is 3. The number of hydrogen-bond acceptors (Lipinski definition) is 3.